The zero-order valence-corrected chi connectivity index (χ0v) is 11.3. The van der Waals surface area contributed by atoms with Crippen LogP contribution in [0.3, 0.4) is 0 Å². The van der Waals surface area contributed by atoms with Crippen LogP contribution < -0.4 is 4.90 Å². The molecule has 2 heterocycles. The van der Waals surface area contributed by atoms with Gasteiger partial charge in [0, 0.05) is 18.8 Å². The fourth-order valence-electron chi connectivity index (χ4n) is 2.99. The van der Waals surface area contributed by atoms with Gasteiger partial charge in [-0.2, -0.15) is 0 Å². The van der Waals surface area contributed by atoms with Crippen LogP contribution in [0.5, 0.6) is 0 Å². The molecule has 0 radical (unpaired) electrons. The second-order valence-electron chi connectivity index (χ2n) is 5.41. The first-order valence-corrected chi connectivity index (χ1v) is 6.37. The predicted molar refractivity (Wildman–Crippen MR) is 73.6 cm³/mol. The van der Waals surface area contributed by atoms with Crippen LogP contribution in [0.1, 0.15) is 32.3 Å². The van der Waals surface area contributed by atoms with Gasteiger partial charge in [-0.1, -0.05) is 26.0 Å². The average molecular weight is 244 g/mol. The Bertz CT molecular complexity index is 481. The zero-order valence-electron chi connectivity index (χ0n) is 11.3. The molecule has 3 heteroatoms. The fraction of sp³-hybridized carbons (Fsp3) is 0.467. The first-order chi connectivity index (χ1) is 8.53. The lowest BCUT2D eigenvalue weighted by Gasteiger charge is -2.28. The number of rotatable bonds is 4. The molecule has 18 heavy (non-hydrogen) atoms. The van der Waals surface area contributed by atoms with Gasteiger partial charge in [0.2, 0.25) is 5.91 Å². The third-order valence-corrected chi connectivity index (χ3v) is 3.58. The van der Waals surface area contributed by atoms with Gasteiger partial charge in [0.05, 0.1) is 5.41 Å². The lowest BCUT2D eigenvalue weighted by atomic mass is 9.73. The highest BCUT2D eigenvalue weighted by Gasteiger charge is 2.49. The van der Waals surface area contributed by atoms with E-state index in [9.17, 15) is 4.79 Å². The Morgan fingerprint density at radius 2 is 2.28 bits per heavy atom. The first kappa shape index (κ1) is 12.8. The number of aromatic nitrogens is 1. The maximum absolute atomic E-state index is 12.6. The van der Waals surface area contributed by atoms with Gasteiger partial charge in [0.15, 0.2) is 0 Å². The van der Waals surface area contributed by atoms with Crippen LogP contribution in [0, 0.1) is 5.92 Å². The maximum atomic E-state index is 12.6. The summed E-state index contributed by atoms with van der Waals surface area (Å²) in [4.78, 5) is 18.7. The molecule has 0 saturated heterocycles. The molecule has 1 unspecified atom stereocenters. The van der Waals surface area contributed by atoms with Crippen molar-refractivity contribution in [1.82, 2.24) is 4.98 Å². The molecule has 0 N–H and O–H groups in total. The Balaban J connectivity index is 2.58. The van der Waals surface area contributed by atoms with Crippen molar-refractivity contribution in [2.75, 3.05) is 11.9 Å². The van der Waals surface area contributed by atoms with Crippen molar-refractivity contribution in [3.05, 3.63) is 36.5 Å². The number of hydrogen-bond acceptors (Lipinski definition) is 2. The smallest absolute Gasteiger partial charge is 0.239 e. The third-order valence-electron chi connectivity index (χ3n) is 3.58. The summed E-state index contributed by atoms with van der Waals surface area (Å²) in [5, 5.41) is 0. The molecule has 3 nitrogen and oxygen atoms in total. The molecule has 96 valence electrons. The number of allylic oxidation sites excluding steroid dienone is 1. The second kappa shape index (κ2) is 4.56. The van der Waals surface area contributed by atoms with Crippen LogP contribution >= 0.6 is 0 Å². The number of fused-ring (bicyclic) bond motifs is 1. The summed E-state index contributed by atoms with van der Waals surface area (Å²) in [6.45, 7) is 8.11. The Labute approximate surface area is 109 Å². The van der Waals surface area contributed by atoms with E-state index >= 15 is 0 Å². The largest absolute Gasteiger partial charge is 0.299 e. The predicted octanol–water partition coefficient (Wildman–Crippen LogP) is 2.92. The second-order valence-corrected chi connectivity index (χ2v) is 5.41. The zero-order chi connectivity index (χ0) is 13.3. The molecule has 0 saturated carbocycles. The molecule has 0 aromatic carbocycles. The molecule has 1 aromatic heterocycles. The molecular weight excluding hydrogens is 224 g/mol. The minimum atomic E-state index is -0.464. The molecule has 1 aliphatic heterocycles. The molecule has 1 atom stereocenters. The van der Waals surface area contributed by atoms with Crippen molar-refractivity contribution < 1.29 is 4.79 Å². The number of hydrogen-bond donors (Lipinski definition) is 0. The summed E-state index contributed by atoms with van der Waals surface area (Å²) in [6, 6.07) is 3.93. The maximum Gasteiger partial charge on any atom is 0.239 e. The summed E-state index contributed by atoms with van der Waals surface area (Å²) in [5.74, 6) is 1.39. The van der Waals surface area contributed by atoms with E-state index in [1.54, 1.807) is 18.1 Å². The van der Waals surface area contributed by atoms with Gasteiger partial charge in [-0.15, -0.1) is 6.58 Å². The number of amides is 1. The highest BCUT2D eigenvalue weighted by molar-refractivity contribution is 6.06. The number of anilines is 1. The summed E-state index contributed by atoms with van der Waals surface area (Å²) in [6.07, 6.45) is 5.09. The Morgan fingerprint density at radius 1 is 1.56 bits per heavy atom. The molecule has 2 rings (SSSR count). The monoisotopic (exact) mass is 244 g/mol. The van der Waals surface area contributed by atoms with Crippen LogP contribution in [-0.2, 0) is 10.2 Å². The van der Waals surface area contributed by atoms with Crippen molar-refractivity contribution in [3.63, 3.8) is 0 Å². The standard InChI is InChI=1S/C15H20N2O/c1-5-8-15(10-11(2)3)12-7-6-9-16-13(12)17(4)14(15)18/h5-7,9,11H,1,8,10H2,2-4H3. The van der Waals surface area contributed by atoms with Crippen LogP contribution in [0.25, 0.3) is 0 Å². The van der Waals surface area contributed by atoms with E-state index < -0.39 is 5.41 Å². The molecule has 0 aliphatic carbocycles. The minimum absolute atomic E-state index is 0.143. The number of likely N-dealkylation sites (N-methyl/N-ethyl adjacent to an activating group) is 1. The van der Waals surface area contributed by atoms with Crippen molar-refractivity contribution >= 4 is 11.7 Å². The van der Waals surface area contributed by atoms with Crippen molar-refractivity contribution in [1.29, 1.82) is 0 Å². The van der Waals surface area contributed by atoms with Crippen LogP contribution in [-0.4, -0.2) is 17.9 Å². The van der Waals surface area contributed by atoms with Gasteiger partial charge in [0.1, 0.15) is 5.82 Å². The van der Waals surface area contributed by atoms with Gasteiger partial charge in [0.25, 0.3) is 0 Å². The van der Waals surface area contributed by atoms with E-state index in [-0.39, 0.29) is 5.91 Å². The van der Waals surface area contributed by atoms with E-state index in [4.69, 9.17) is 0 Å². The van der Waals surface area contributed by atoms with Crippen LogP contribution in [0.2, 0.25) is 0 Å². The van der Waals surface area contributed by atoms with Gasteiger partial charge in [-0.05, 0) is 24.8 Å². The molecule has 1 aromatic rings. The van der Waals surface area contributed by atoms with E-state index in [0.717, 1.165) is 17.8 Å². The molecule has 1 amide bonds. The molecule has 1 aliphatic rings. The molecular formula is C15H20N2O. The lowest BCUT2D eigenvalue weighted by molar-refractivity contribution is -0.123. The topological polar surface area (TPSA) is 33.2 Å². The van der Waals surface area contributed by atoms with E-state index in [1.165, 1.54) is 0 Å². The third kappa shape index (κ3) is 1.74. The highest BCUT2D eigenvalue weighted by Crippen LogP contribution is 2.46. The fourth-order valence-corrected chi connectivity index (χ4v) is 2.99. The summed E-state index contributed by atoms with van der Waals surface area (Å²) in [7, 11) is 1.80. The molecule has 0 fully saturated rings. The minimum Gasteiger partial charge on any atom is -0.299 e. The average Bonchev–Trinajstić information content (AvgIpc) is 2.53. The normalized spacial score (nSPS) is 22.4. The van der Waals surface area contributed by atoms with E-state index in [2.05, 4.69) is 25.4 Å². The van der Waals surface area contributed by atoms with Crippen molar-refractivity contribution in [3.8, 4) is 0 Å². The number of nitrogens with zero attached hydrogens (tertiary/aromatic N) is 2. The number of carbonyl (C=O) groups excluding carboxylic acids is 1. The van der Waals surface area contributed by atoms with Gasteiger partial charge >= 0.3 is 0 Å². The van der Waals surface area contributed by atoms with Gasteiger partial charge < -0.3 is 0 Å². The van der Waals surface area contributed by atoms with E-state index in [0.29, 0.717) is 12.3 Å². The van der Waals surface area contributed by atoms with Crippen LogP contribution in [0.15, 0.2) is 31.0 Å². The Hall–Kier alpha value is -1.64. The van der Waals surface area contributed by atoms with Crippen LogP contribution in [0.4, 0.5) is 5.82 Å². The first-order valence-electron chi connectivity index (χ1n) is 6.37. The number of carbonyl (C=O) groups is 1. The Kier molecular flexibility index (Phi) is 3.24. The Morgan fingerprint density at radius 3 is 2.89 bits per heavy atom. The molecule has 0 bridgehead atoms. The van der Waals surface area contributed by atoms with Crippen molar-refractivity contribution in [2.45, 2.75) is 32.1 Å². The van der Waals surface area contributed by atoms with Gasteiger partial charge in [-0.25, -0.2) is 4.98 Å². The van der Waals surface area contributed by atoms with Gasteiger partial charge in [-0.3, -0.25) is 9.69 Å². The molecule has 0 spiro atoms. The highest BCUT2D eigenvalue weighted by atomic mass is 16.2. The lowest BCUT2D eigenvalue weighted by Crippen LogP contribution is -2.39. The summed E-state index contributed by atoms with van der Waals surface area (Å²) < 4.78 is 0. The summed E-state index contributed by atoms with van der Waals surface area (Å²) in [5.41, 5.74) is 0.583. The summed E-state index contributed by atoms with van der Waals surface area (Å²) >= 11 is 0. The van der Waals surface area contributed by atoms with E-state index in [1.807, 2.05) is 18.2 Å². The number of pyridine rings is 1. The SMILES string of the molecule is C=CCC1(CC(C)C)C(=O)N(C)c2ncccc21. The van der Waals surface area contributed by atoms with Crippen molar-refractivity contribution in [2.24, 2.45) is 5.92 Å². The quantitative estimate of drug-likeness (QED) is 0.763.